The normalized spacial score (nSPS) is 12.3. The van der Waals surface area contributed by atoms with E-state index in [4.69, 9.17) is 4.74 Å². The zero-order valence-corrected chi connectivity index (χ0v) is 16.2. The fraction of sp³-hybridized carbons (Fsp3) is 0.0909. The Labute approximate surface area is 177 Å². The number of anilines is 3. The highest BCUT2D eigenvalue weighted by molar-refractivity contribution is 6.08. The summed E-state index contributed by atoms with van der Waals surface area (Å²) in [6.07, 6.45) is 0. The standard InChI is InChI=1S/C22H18N4O5/c27-20(25-16-9-5-4-8-15(16)21(28)29)17-10-11-18-19(24-17)26(12-13-31-18)22(30)23-14-6-2-1-3-7-14/h1-11H,12-13H2,(H,23,30)(H,25,27)(H,28,29). The van der Waals surface area contributed by atoms with Crippen molar-refractivity contribution >= 4 is 35.1 Å². The number of benzene rings is 2. The number of aromatic carboxylic acids is 1. The van der Waals surface area contributed by atoms with Gasteiger partial charge in [-0.1, -0.05) is 30.3 Å². The molecule has 4 rings (SSSR count). The van der Waals surface area contributed by atoms with Crippen LogP contribution in [-0.4, -0.2) is 41.1 Å². The highest BCUT2D eigenvalue weighted by Gasteiger charge is 2.27. The van der Waals surface area contributed by atoms with E-state index >= 15 is 0 Å². The third-order valence-electron chi connectivity index (χ3n) is 4.58. The van der Waals surface area contributed by atoms with E-state index in [0.717, 1.165) is 0 Å². The molecule has 0 radical (unpaired) electrons. The van der Waals surface area contributed by atoms with E-state index in [-0.39, 0.29) is 35.9 Å². The first-order chi connectivity index (χ1) is 15.0. The monoisotopic (exact) mass is 418 g/mol. The summed E-state index contributed by atoms with van der Waals surface area (Å²) in [6.45, 7) is 0.542. The summed E-state index contributed by atoms with van der Waals surface area (Å²) < 4.78 is 5.56. The summed E-state index contributed by atoms with van der Waals surface area (Å²) in [7, 11) is 0. The van der Waals surface area contributed by atoms with Gasteiger partial charge in [0.15, 0.2) is 11.6 Å². The van der Waals surface area contributed by atoms with Crippen LogP contribution in [0.2, 0.25) is 0 Å². The molecule has 1 aliphatic heterocycles. The summed E-state index contributed by atoms with van der Waals surface area (Å²) >= 11 is 0. The van der Waals surface area contributed by atoms with Crippen LogP contribution in [0.4, 0.5) is 22.0 Å². The number of rotatable bonds is 4. The summed E-state index contributed by atoms with van der Waals surface area (Å²) in [5.74, 6) is -1.19. The number of nitrogens with zero attached hydrogens (tertiary/aromatic N) is 2. The molecule has 3 amide bonds. The maximum atomic E-state index is 12.8. The largest absolute Gasteiger partial charge is 0.488 e. The third-order valence-corrected chi connectivity index (χ3v) is 4.58. The van der Waals surface area contributed by atoms with Crippen molar-refractivity contribution in [2.75, 3.05) is 28.7 Å². The summed E-state index contributed by atoms with van der Waals surface area (Å²) in [5.41, 5.74) is 0.747. The molecule has 0 unspecified atom stereocenters. The van der Waals surface area contributed by atoms with Gasteiger partial charge in [0.25, 0.3) is 5.91 Å². The van der Waals surface area contributed by atoms with Gasteiger partial charge >= 0.3 is 12.0 Å². The number of carbonyl (C=O) groups excluding carboxylic acids is 2. The quantitative estimate of drug-likeness (QED) is 0.597. The van der Waals surface area contributed by atoms with E-state index in [1.807, 2.05) is 6.07 Å². The Kier molecular flexibility index (Phi) is 5.48. The molecular formula is C22H18N4O5. The molecule has 0 bridgehead atoms. The van der Waals surface area contributed by atoms with E-state index in [1.54, 1.807) is 42.5 Å². The molecule has 3 aromatic rings. The van der Waals surface area contributed by atoms with E-state index < -0.39 is 17.9 Å². The van der Waals surface area contributed by atoms with Gasteiger partial charge < -0.3 is 20.5 Å². The van der Waals surface area contributed by atoms with E-state index in [2.05, 4.69) is 15.6 Å². The lowest BCUT2D eigenvalue weighted by atomic mass is 10.1. The lowest BCUT2D eigenvalue weighted by Crippen LogP contribution is -2.41. The number of nitrogens with one attached hydrogen (secondary N) is 2. The molecule has 1 aliphatic rings. The van der Waals surface area contributed by atoms with Gasteiger partial charge in [0, 0.05) is 5.69 Å². The first-order valence-corrected chi connectivity index (χ1v) is 9.44. The van der Waals surface area contributed by atoms with E-state index in [9.17, 15) is 19.5 Å². The van der Waals surface area contributed by atoms with Crippen LogP contribution in [0.25, 0.3) is 0 Å². The third kappa shape index (κ3) is 4.30. The molecule has 0 atom stereocenters. The fourth-order valence-electron chi connectivity index (χ4n) is 3.10. The molecule has 156 valence electrons. The fourth-order valence-corrected chi connectivity index (χ4v) is 3.10. The Bertz CT molecular complexity index is 1150. The lowest BCUT2D eigenvalue weighted by Gasteiger charge is -2.28. The topological polar surface area (TPSA) is 121 Å². The molecule has 2 heterocycles. The molecule has 0 fully saturated rings. The maximum absolute atomic E-state index is 12.8. The number of para-hydroxylation sites is 2. The molecule has 1 aromatic heterocycles. The maximum Gasteiger partial charge on any atom is 0.337 e. The van der Waals surface area contributed by atoms with Gasteiger partial charge in [0.1, 0.15) is 12.3 Å². The number of hydrogen-bond donors (Lipinski definition) is 3. The highest BCUT2D eigenvalue weighted by Crippen LogP contribution is 2.30. The summed E-state index contributed by atoms with van der Waals surface area (Å²) in [5, 5.41) is 14.6. The molecule has 9 nitrogen and oxygen atoms in total. The van der Waals surface area contributed by atoms with Crippen LogP contribution < -0.4 is 20.3 Å². The van der Waals surface area contributed by atoms with Gasteiger partial charge in [-0.2, -0.15) is 0 Å². The zero-order valence-electron chi connectivity index (χ0n) is 16.2. The van der Waals surface area contributed by atoms with Crippen molar-refractivity contribution in [3.63, 3.8) is 0 Å². The number of urea groups is 1. The number of fused-ring (bicyclic) bond motifs is 1. The van der Waals surface area contributed by atoms with Crippen LogP contribution in [-0.2, 0) is 0 Å². The Balaban J connectivity index is 1.58. The molecule has 31 heavy (non-hydrogen) atoms. The summed E-state index contributed by atoms with van der Waals surface area (Å²) in [6, 6.07) is 17.6. The minimum absolute atomic E-state index is 0.0157. The van der Waals surface area contributed by atoms with Crippen molar-refractivity contribution < 1.29 is 24.2 Å². The smallest absolute Gasteiger partial charge is 0.337 e. The Hall–Kier alpha value is -4.40. The number of pyridine rings is 1. The average Bonchev–Trinajstić information content (AvgIpc) is 2.79. The van der Waals surface area contributed by atoms with Crippen molar-refractivity contribution in [1.29, 1.82) is 0 Å². The van der Waals surface area contributed by atoms with Crippen molar-refractivity contribution in [2.45, 2.75) is 0 Å². The minimum atomic E-state index is -1.16. The van der Waals surface area contributed by atoms with Crippen molar-refractivity contribution in [2.24, 2.45) is 0 Å². The first-order valence-electron chi connectivity index (χ1n) is 9.44. The Morgan fingerprint density at radius 3 is 2.45 bits per heavy atom. The van der Waals surface area contributed by atoms with Crippen LogP contribution in [0.15, 0.2) is 66.7 Å². The van der Waals surface area contributed by atoms with Crippen LogP contribution in [0.3, 0.4) is 0 Å². The highest BCUT2D eigenvalue weighted by atomic mass is 16.5. The molecular weight excluding hydrogens is 400 g/mol. The van der Waals surface area contributed by atoms with Crippen LogP contribution in [0, 0.1) is 0 Å². The van der Waals surface area contributed by atoms with Gasteiger partial charge in [0.2, 0.25) is 0 Å². The SMILES string of the molecule is O=C(Nc1ccccc1C(=O)O)c1ccc2c(n1)N(C(=O)Nc1ccccc1)CCO2. The predicted octanol–water partition coefficient (Wildman–Crippen LogP) is 3.46. The van der Waals surface area contributed by atoms with Gasteiger partial charge in [0.05, 0.1) is 17.8 Å². The van der Waals surface area contributed by atoms with Crippen molar-refractivity contribution in [3.8, 4) is 5.75 Å². The van der Waals surface area contributed by atoms with Crippen LogP contribution >= 0.6 is 0 Å². The van der Waals surface area contributed by atoms with Crippen LogP contribution in [0.1, 0.15) is 20.8 Å². The lowest BCUT2D eigenvalue weighted by molar-refractivity contribution is 0.0698. The van der Waals surface area contributed by atoms with Crippen molar-refractivity contribution in [3.05, 3.63) is 78.0 Å². The van der Waals surface area contributed by atoms with Gasteiger partial charge in [-0.15, -0.1) is 0 Å². The second-order valence-corrected chi connectivity index (χ2v) is 6.62. The second-order valence-electron chi connectivity index (χ2n) is 6.62. The van der Waals surface area contributed by atoms with Crippen LogP contribution in [0.5, 0.6) is 5.75 Å². The van der Waals surface area contributed by atoms with Gasteiger partial charge in [-0.25, -0.2) is 14.6 Å². The predicted molar refractivity (Wildman–Crippen MR) is 114 cm³/mol. The molecule has 9 heteroatoms. The summed E-state index contributed by atoms with van der Waals surface area (Å²) in [4.78, 5) is 42.6. The van der Waals surface area contributed by atoms with Crippen molar-refractivity contribution in [1.82, 2.24) is 4.98 Å². The Morgan fingerprint density at radius 1 is 0.935 bits per heavy atom. The molecule has 0 spiro atoms. The minimum Gasteiger partial charge on any atom is -0.488 e. The molecule has 3 N–H and O–H groups in total. The zero-order chi connectivity index (χ0) is 21.8. The van der Waals surface area contributed by atoms with Gasteiger partial charge in [-0.05, 0) is 36.4 Å². The first kappa shape index (κ1) is 19.9. The molecule has 2 aromatic carbocycles. The number of amides is 3. The van der Waals surface area contributed by atoms with E-state index in [1.165, 1.54) is 23.1 Å². The van der Waals surface area contributed by atoms with Gasteiger partial charge in [-0.3, -0.25) is 9.69 Å². The number of ether oxygens (including phenoxy) is 1. The second kappa shape index (κ2) is 8.54. The number of aromatic nitrogens is 1. The molecule has 0 aliphatic carbocycles. The average molecular weight is 418 g/mol. The Morgan fingerprint density at radius 2 is 1.68 bits per heavy atom. The molecule has 0 saturated carbocycles. The number of carboxylic acid groups (broad SMARTS) is 1. The number of carboxylic acids is 1. The molecule has 0 saturated heterocycles. The number of hydrogen-bond acceptors (Lipinski definition) is 5. The van der Waals surface area contributed by atoms with E-state index in [0.29, 0.717) is 11.4 Å². The number of carbonyl (C=O) groups is 3.